The van der Waals surface area contributed by atoms with Crippen molar-refractivity contribution in [2.45, 2.75) is 27.2 Å². The number of carbonyl (C=O) groups excluding carboxylic acids is 1. The van der Waals surface area contributed by atoms with Gasteiger partial charge in [-0.05, 0) is 50.5 Å². The number of fused-ring (bicyclic) bond motifs is 1. The van der Waals surface area contributed by atoms with E-state index in [1.165, 1.54) is 11.1 Å². The van der Waals surface area contributed by atoms with Gasteiger partial charge in [0.25, 0.3) is 5.91 Å². The molecule has 1 aromatic carbocycles. The molecule has 0 aliphatic carbocycles. The number of benzene rings is 1. The zero-order valence-corrected chi connectivity index (χ0v) is 14.9. The molecule has 4 nitrogen and oxygen atoms in total. The molecule has 2 aromatic rings. The number of rotatable bonds is 3. The third-order valence-corrected chi connectivity index (χ3v) is 5.01. The minimum Gasteiger partial charge on any atom is -0.451 e. The molecule has 0 saturated carbocycles. The van der Waals surface area contributed by atoms with Crippen LogP contribution in [0, 0.1) is 20.8 Å². The highest BCUT2D eigenvalue weighted by molar-refractivity contribution is 5.99. The van der Waals surface area contributed by atoms with E-state index in [9.17, 15) is 4.79 Å². The molecule has 0 radical (unpaired) electrons. The van der Waals surface area contributed by atoms with E-state index in [1.807, 2.05) is 24.0 Å². The second-order valence-corrected chi connectivity index (χ2v) is 6.72. The minimum absolute atomic E-state index is 0.0134. The Morgan fingerprint density at radius 1 is 1.17 bits per heavy atom. The first kappa shape index (κ1) is 16.8. The number of hydrogen-bond donors (Lipinski definition) is 0. The summed E-state index contributed by atoms with van der Waals surface area (Å²) in [5, 5.41) is 1.05. The maximum Gasteiger partial charge on any atom is 0.289 e. The number of aryl methyl sites for hydroxylation is 3. The number of hydrogen-bond acceptors (Lipinski definition) is 3. The molecule has 1 saturated heterocycles. The summed E-state index contributed by atoms with van der Waals surface area (Å²) in [6.07, 6.45) is 2.91. The Kier molecular flexibility index (Phi) is 4.76. The molecule has 1 fully saturated rings. The fourth-order valence-corrected chi connectivity index (χ4v) is 3.36. The Labute approximate surface area is 143 Å². The summed E-state index contributed by atoms with van der Waals surface area (Å²) in [5.74, 6) is 0.506. The largest absolute Gasteiger partial charge is 0.451 e. The molecule has 1 aromatic heterocycles. The molecule has 0 unspecified atom stereocenters. The van der Waals surface area contributed by atoms with Crippen molar-refractivity contribution in [1.29, 1.82) is 0 Å². The van der Waals surface area contributed by atoms with Gasteiger partial charge in [0.05, 0.1) is 0 Å². The van der Waals surface area contributed by atoms with Crippen LogP contribution in [-0.4, -0.2) is 48.4 Å². The topological polar surface area (TPSA) is 36.7 Å². The van der Waals surface area contributed by atoms with Crippen LogP contribution in [-0.2, 0) is 0 Å². The fraction of sp³-hybridized carbons (Fsp3) is 0.450. The number of carbonyl (C=O) groups is 1. The van der Waals surface area contributed by atoms with Crippen LogP contribution in [0.5, 0.6) is 0 Å². The molecule has 0 bridgehead atoms. The number of furan rings is 1. The van der Waals surface area contributed by atoms with Gasteiger partial charge >= 0.3 is 0 Å². The van der Waals surface area contributed by atoms with Crippen molar-refractivity contribution in [2.75, 3.05) is 32.7 Å². The van der Waals surface area contributed by atoms with E-state index in [-0.39, 0.29) is 5.91 Å². The molecule has 24 heavy (non-hydrogen) atoms. The van der Waals surface area contributed by atoms with E-state index < -0.39 is 0 Å². The van der Waals surface area contributed by atoms with Crippen molar-refractivity contribution < 1.29 is 9.21 Å². The standard InChI is InChI=1S/C20H26N2O2/c1-5-7-21-8-6-9-22(11-10-21)20(23)19-16(4)17-12-14(2)15(3)13-18(17)24-19/h5,12-13H,1,6-11H2,2-4H3. The van der Waals surface area contributed by atoms with Gasteiger partial charge in [-0.15, -0.1) is 6.58 Å². The zero-order valence-electron chi connectivity index (χ0n) is 14.9. The maximum atomic E-state index is 13.0. The lowest BCUT2D eigenvalue weighted by atomic mass is 10.0. The molecule has 128 valence electrons. The Bertz CT molecular complexity index is 776. The third kappa shape index (κ3) is 3.11. The molecular formula is C20H26N2O2. The van der Waals surface area contributed by atoms with Crippen LogP contribution < -0.4 is 0 Å². The molecule has 0 atom stereocenters. The molecule has 3 rings (SSSR count). The number of amides is 1. The zero-order chi connectivity index (χ0) is 17.3. The summed E-state index contributed by atoms with van der Waals surface area (Å²) in [6, 6.07) is 4.15. The highest BCUT2D eigenvalue weighted by Crippen LogP contribution is 2.29. The molecule has 4 heteroatoms. The average molecular weight is 326 g/mol. The lowest BCUT2D eigenvalue weighted by molar-refractivity contribution is 0.0731. The molecule has 0 spiro atoms. The summed E-state index contributed by atoms with van der Waals surface area (Å²) in [5.41, 5.74) is 4.16. The van der Waals surface area contributed by atoms with E-state index >= 15 is 0 Å². The Morgan fingerprint density at radius 3 is 2.67 bits per heavy atom. The van der Waals surface area contributed by atoms with Crippen molar-refractivity contribution in [2.24, 2.45) is 0 Å². The Hall–Kier alpha value is -2.07. The third-order valence-electron chi connectivity index (χ3n) is 5.01. The molecule has 2 heterocycles. The van der Waals surface area contributed by atoms with Gasteiger partial charge in [0.15, 0.2) is 5.76 Å². The van der Waals surface area contributed by atoms with Crippen molar-refractivity contribution in [3.8, 4) is 0 Å². The second kappa shape index (κ2) is 6.81. The Morgan fingerprint density at radius 2 is 1.92 bits per heavy atom. The SMILES string of the molecule is C=CCN1CCCN(C(=O)c2oc3cc(C)c(C)cc3c2C)CC1. The normalized spacial score (nSPS) is 16.4. The lowest BCUT2D eigenvalue weighted by Crippen LogP contribution is -2.35. The first-order chi connectivity index (χ1) is 11.5. The molecule has 1 amide bonds. The number of nitrogens with zero attached hydrogens (tertiary/aromatic N) is 2. The highest BCUT2D eigenvalue weighted by Gasteiger charge is 2.25. The van der Waals surface area contributed by atoms with Crippen molar-refractivity contribution in [3.63, 3.8) is 0 Å². The summed E-state index contributed by atoms with van der Waals surface area (Å²) < 4.78 is 5.94. The fourth-order valence-electron chi connectivity index (χ4n) is 3.36. The van der Waals surface area contributed by atoms with Gasteiger partial charge < -0.3 is 9.32 Å². The highest BCUT2D eigenvalue weighted by atomic mass is 16.3. The molecular weight excluding hydrogens is 300 g/mol. The van der Waals surface area contributed by atoms with E-state index in [0.29, 0.717) is 5.76 Å². The van der Waals surface area contributed by atoms with E-state index in [4.69, 9.17) is 4.42 Å². The monoisotopic (exact) mass is 326 g/mol. The van der Waals surface area contributed by atoms with Crippen LogP contribution in [0.15, 0.2) is 29.2 Å². The van der Waals surface area contributed by atoms with Crippen molar-refractivity contribution >= 4 is 16.9 Å². The summed E-state index contributed by atoms with van der Waals surface area (Å²) in [7, 11) is 0. The molecule has 0 N–H and O–H groups in total. The predicted molar refractivity (Wildman–Crippen MR) is 97.6 cm³/mol. The first-order valence-corrected chi connectivity index (χ1v) is 8.64. The van der Waals surface area contributed by atoms with Crippen molar-refractivity contribution in [3.05, 3.63) is 47.2 Å². The minimum atomic E-state index is 0.0134. The van der Waals surface area contributed by atoms with Gasteiger partial charge in [-0.1, -0.05) is 6.08 Å². The van der Waals surface area contributed by atoms with E-state index in [1.54, 1.807) is 0 Å². The van der Waals surface area contributed by atoms with Crippen LogP contribution in [0.2, 0.25) is 0 Å². The summed E-state index contributed by atoms with van der Waals surface area (Å²) in [6.45, 7) is 14.2. The van der Waals surface area contributed by atoms with Crippen LogP contribution in [0.4, 0.5) is 0 Å². The van der Waals surface area contributed by atoms with E-state index in [2.05, 4.69) is 31.4 Å². The molecule has 1 aliphatic heterocycles. The maximum absolute atomic E-state index is 13.0. The van der Waals surface area contributed by atoms with Gasteiger partial charge in [0.2, 0.25) is 0 Å². The first-order valence-electron chi connectivity index (χ1n) is 8.64. The van der Waals surface area contributed by atoms with Gasteiger partial charge in [-0.3, -0.25) is 9.69 Å². The quantitative estimate of drug-likeness (QED) is 0.807. The Balaban J connectivity index is 1.86. The summed E-state index contributed by atoms with van der Waals surface area (Å²) in [4.78, 5) is 17.2. The van der Waals surface area contributed by atoms with Crippen LogP contribution in [0.1, 0.15) is 33.7 Å². The van der Waals surface area contributed by atoms with Gasteiger partial charge in [0, 0.05) is 43.7 Å². The lowest BCUT2D eigenvalue weighted by Gasteiger charge is -2.20. The van der Waals surface area contributed by atoms with Crippen LogP contribution in [0.25, 0.3) is 11.0 Å². The van der Waals surface area contributed by atoms with Crippen molar-refractivity contribution in [1.82, 2.24) is 9.80 Å². The second-order valence-electron chi connectivity index (χ2n) is 6.72. The predicted octanol–water partition coefficient (Wildman–Crippen LogP) is 3.69. The van der Waals surface area contributed by atoms with Gasteiger partial charge in [-0.25, -0.2) is 0 Å². The smallest absolute Gasteiger partial charge is 0.289 e. The van der Waals surface area contributed by atoms with Gasteiger partial charge in [0.1, 0.15) is 5.58 Å². The molecule has 1 aliphatic rings. The van der Waals surface area contributed by atoms with Crippen LogP contribution >= 0.6 is 0 Å². The van der Waals surface area contributed by atoms with Gasteiger partial charge in [-0.2, -0.15) is 0 Å². The summed E-state index contributed by atoms with van der Waals surface area (Å²) >= 11 is 0. The average Bonchev–Trinajstić information content (AvgIpc) is 2.74. The van der Waals surface area contributed by atoms with Crippen LogP contribution in [0.3, 0.4) is 0 Å². The van der Waals surface area contributed by atoms with E-state index in [0.717, 1.165) is 55.7 Å².